The molecule has 0 amide bonds. The number of nitrogens with zero attached hydrogens (tertiary/aromatic N) is 1. The summed E-state index contributed by atoms with van der Waals surface area (Å²) in [6.45, 7) is 0. The molecule has 0 heterocycles. The van der Waals surface area contributed by atoms with E-state index in [0.29, 0.717) is 0 Å². The van der Waals surface area contributed by atoms with Gasteiger partial charge in [0.05, 0.1) is 6.04 Å². The summed E-state index contributed by atoms with van der Waals surface area (Å²) in [6.07, 6.45) is -7.41. The number of anilines is 1. The Morgan fingerprint density at radius 3 is 2.21 bits per heavy atom. The van der Waals surface area contributed by atoms with E-state index >= 15 is 0 Å². The zero-order chi connectivity index (χ0) is 14.1. The van der Waals surface area contributed by atoms with Crippen LogP contribution in [0.1, 0.15) is 11.6 Å². The van der Waals surface area contributed by atoms with Crippen LogP contribution in [0.2, 0.25) is 5.02 Å². The zero-order valence-electron chi connectivity index (χ0n) is 10.3. The average Bonchev–Trinajstić information content (AvgIpc) is 2.25. The molecule has 0 saturated carbocycles. The molecule has 0 radical (unpaired) electrons. The number of nitrogens with two attached hydrogens (primary N) is 1. The van der Waals surface area contributed by atoms with E-state index < -0.39 is 18.3 Å². The topological polar surface area (TPSA) is 49.5 Å². The Hall–Kier alpha value is -0.690. The van der Waals surface area contributed by atoms with Gasteiger partial charge < -0.3 is 15.7 Å². The van der Waals surface area contributed by atoms with Gasteiger partial charge in [-0.05, 0) is 17.7 Å². The number of hydrogen-bond acceptors (Lipinski definition) is 3. The van der Waals surface area contributed by atoms with Crippen molar-refractivity contribution in [2.24, 2.45) is 5.73 Å². The lowest BCUT2D eigenvalue weighted by Crippen LogP contribution is -2.39. The SMILES string of the molecule is CN(C)c1ccc([C@@H](N)[C@@H](O)C(F)(F)F)c(Cl)c1.Cl. The molecule has 19 heavy (non-hydrogen) atoms. The van der Waals surface area contributed by atoms with Gasteiger partial charge in [-0.1, -0.05) is 17.7 Å². The van der Waals surface area contributed by atoms with Gasteiger partial charge in [0.2, 0.25) is 0 Å². The first kappa shape index (κ1) is 18.3. The van der Waals surface area contributed by atoms with E-state index in [9.17, 15) is 13.2 Å². The summed E-state index contributed by atoms with van der Waals surface area (Å²) in [7, 11) is 3.55. The third-order valence-corrected chi connectivity index (χ3v) is 2.86. The van der Waals surface area contributed by atoms with Crippen molar-refractivity contribution in [2.45, 2.75) is 18.3 Å². The van der Waals surface area contributed by atoms with Gasteiger partial charge >= 0.3 is 6.18 Å². The summed E-state index contributed by atoms with van der Waals surface area (Å²) in [4.78, 5) is 1.75. The summed E-state index contributed by atoms with van der Waals surface area (Å²) < 4.78 is 37.0. The Kier molecular flexibility index (Phi) is 6.41. The van der Waals surface area contributed by atoms with Crippen LogP contribution in [0, 0.1) is 0 Å². The minimum atomic E-state index is -4.77. The number of benzene rings is 1. The first-order valence-electron chi connectivity index (χ1n) is 5.11. The van der Waals surface area contributed by atoms with Gasteiger partial charge in [0.15, 0.2) is 6.10 Å². The minimum absolute atomic E-state index is 0. The van der Waals surface area contributed by atoms with Gasteiger partial charge in [-0.3, -0.25) is 0 Å². The van der Waals surface area contributed by atoms with Gasteiger partial charge in [0.25, 0.3) is 0 Å². The van der Waals surface area contributed by atoms with Crippen molar-refractivity contribution in [3.05, 3.63) is 28.8 Å². The van der Waals surface area contributed by atoms with Gasteiger partial charge in [-0.15, -0.1) is 12.4 Å². The molecule has 1 aromatic rings. The van der Waals surface area contributed by atoms with Crippen LogP contribution >= 0.6 is 24.0 Å². The first-order chi connectivity index (χ1) is 8.14. The molecule has 0 aromatic heterocycles. The van der Waals surface area contributed by atoms with Crippen LogP contribution in [0.15, 0.2) is 18.2 Å². The Balaban J connectivity index is 0.00000324. The summed E-state index contributed by atoms with van der Waals surface area (Å²) in [5, 5.41) is 9.19. The second-order valence-electron chi connectivity index (χ2n) is 4.11. The molecule has 110 valence electrons. The standard InChI is InChI=1S/C11H14ClF3N2O.ClH/c1-17(2)6-3-4-7(8(12)5-6)9(16)10(18)11(13,14)15;/h3-5,9-10,18H,16H2,1-2H3;1H/t9-,10-;/m1./s1. The van der Waals surface area contributed by atoms with Crippen LogP contribution in [-0.4, -0.2) is 31.5 Å². The summed E-state index contributed by atoms with van der Waals surface area (Å²) in [5.74, 6) is 0. The number of alkyl halides is 3. The number of aliphatic hydroxyl groups excluding tert-OH is 1. The van der Waals surface area contributed by atoms with Crippen molar-refractivity contribution < 1.29 is 18.3 Å². The molecule has 0 bridgehead atoms. The average molecular weight is 319 g/mol. The molecule has 0 aliphatic rings. The highest BCUT2D eigenvalue weighted by atomic mass is 35.5. The lowest BCUT2D eigenvalue weighted by Gasteiger charge is -2.23. The Labute approximate surface area is 120 Å². The lowest BCUT2D eigenvalue weighted by atomic mass is 10.0. The number of halogens is 5. The molecule has 0 fully saturated rings. The number of rotatable bonds is 3. The second-order valence-corrected chi connectivity index (χ2v) is 4.52. The molecule has 0 spiro atoms. The Morgan fingerprint density at radius 2 is 1.84 bits per heavy atom. The van der Waals surface area contributed by atoms with Crippen molar-refractivity contribution >= 4 is 29.7 Å². The number of hydrogen-bond donors (Lipinski definition) is 2. The van der Waals surface area contributed by atoms with Gasteiger partial charge in [0, 0.05) is 24.8 Å². The number of aliphatic hydroxyl groups is 1. The monoisotopic (exact) mass is 318 g/mol. The summed E-state index contributed by atoms with van der Waals surface area (Å²) in [5.41, 5.74) is 6.18. The van der Waals surface area contributed by atoms with Crippen LogP contribution < -0.4 is 10.6 Å². The fraction of sp³-hybridized carbons (Fsp3) is 0.455. The van der Waals surface area contributed by atoms with E-state index in [4.69, 9.17) is 22.4 Å². The fourth-order valence-corrected chi connectivity index (χ4v) is 1.74. The van der Waals surface area contributed by atoms with Gasteiger partial charge in [0.1, 0.15) is 0 Å². The highest BCUT2D eigenvalue weighted by molar-refractivity contribution is 6.31. The van der Waals surface area contributed by atoms with E-state index in [-0.39, 0.29) is 23.0 Å². The second kappa shape index (κ2) is 6.65. The van der Waals surface area contributed by atoms with E-state index in [1.165, 1.54) is 12.1 Å². The van der Waals surface area contributed by atoms with E-state index in [2.05, 4.69) is 0 Å². The molecule has 0 unspecified atom stereocenters. The highest BCUT2D eigenvalue weighted by Gasteiger charge is 2.43. The van der Waals surface area contributed by atoms with Crippen LogP contribution in [0.5, 0.6) is 0 Å². The summed E-state index contributed by atoms with van der Waals surface area (Å²) >= 11 is 5.88. The van der Waals surface area contributed by atoms with Crippen molar-refractivity contribution in [2.75, 3.05) is 19.0 Å². The Bertz CT molecular complexity index is 427. The maximum atomic E-state index is 12.3. The molecule has 8 heteroatoms. The maximum absolute atomic E-state index is 12.3. The molecule has 0 aliphatic heterocycles. The molecule has 0 aliphatic carbocycles. The largest absolute Gasteiger partial charge is 0.416 e. The third kappa shape index (κ3) is 4.42. The first-order valence-corrected chi connectivity index (χ1v) is 5.49. The zero-order valence-corrected chi connectivity index (χ0v) is 11.9. The molecule has 1 aromatic carbocycles. The predicted octanol–water partition coefficient (Wildman–Crippen LogP) is 2.75. The normalized spacial score (nSPS) is 14.5. The van der Waals surface area contributed by atoms with Gasteiger partial charge in [-0.2, -0.15) is 13.2 Å². The molecule has 2 atom stereocenters. The fourth-order valence-electron chi connectivity index (χ4n) is 1.44. The molecule has 1 rings (SSSR count). The van der Waals surface area contributed by atoms with Crippen molar-refractivity contribution in [1.29, 1.82) is 0 Å². The molecule has 0 saturated heterocycles. The maximum Gasteiger partial charge on any atom is 0.416 e. The van der Waals surface area contributed by atoms with Crippen molar-refractivity contribution in [3.63, 3.8) is 0 Å². The molecular formula is C11H15Cl2F3N2O. The molecular weight excluding hydrogens is 304 g/mol. The summed E-state index contributed by atoms with van der Waals surface area (Å²) in [6, 6.07) is 2.87. The van der Waals surface area contributed by atoms with Crippen LogP contribution in [0.25, 0.3) is 0 Å². The molecule has 3 N–H and O–H groups in total. The van der Waals surface area contributed by atoms with Crippen molar-refractivity contribution in [1.82, 2.24) is 0 Å². The van der Waals surface area contributed by atoms with Gasteiger partial charge in [-0.25, -0.2) is 0 Å². The van der Waals surface area contributed by atoms with Crippen LogP contribution in [0.3, 0.4) is 0 Å². The predicted molar refractivity (Wildman–Crippen MR) is 72.0 cm³/mol. The third-order valence-electron chi connectivity index (χ3n) is 2.54. The van der Waals surface area contributed by atoms with Crippen LogP contribution in [-0.2, 0) is 0 Å². The van der Waals surface area contributed by atoms with Crippen LogP contribution in [0.4, 0.5) is 18.9 Å². The van der Waals surface area contributed by atoms with E-state index in [1.54, 1.807) is 25.1 Å². The highest BCUT2D eigenvalue weighted by Crippen LogP contribution is 2.33. The molecule has 3 nitrogen and oxygen atoms in total. The van der Waals surface area contributed by atoms with E-state index in [1.807, 2.05) is 0 Å². The minimum Gasteiger partial charge on any atom is -0.382 e. The quantitative estimate of drug-likeness (QED) is 0.901. The smallest absolute Gasteiger partial charge is 0.382 e. The Morgan fingerprint density at radius 1 is 1.32 bits per heavy atom. The van der Waals surface area contributed by atoms with Crippen molar-refractivity contribution in [3.8, 4) is 0 Å². The van der Waals surface area contributed by atoms with E-state index in [0.717, 1.165) is 5.69 Å². The lowest BCUT2D eigenvalue weighted by molar-refractivity contribution is -0.210.